The molecule has 1 aliphatic carbocycles. The molecular formula is C12H16O4. The van der Waals surface area contributed by atoms with Crippen molar-refractivity contribution in [3.05, 3.63) is 0 Å². The summed E-state index contributed by atoms with van der Waals surface area (Å²) in [5.74, 6) is 10.0. The Hall–Kier alpha value is -1.04. The molecule has 0 aromatic heterocycles. The Balaban J connectivity index is 2.63. The van der Waals surface area contributed by atoms with E-state index in [-0.39, 0.29) is 13.2 Å². The van der Waals surface area contributed by atoms with Gasteiger partial charge in [0.1, 0.15) is 24.4 Å². The van der Waals surface area contributed by atoms with Gasteiger partial charge in [0.15, 0.2) is 0 Å². The minimum atomic E-state index is -1.13. The summed E-state index contributed by atoms with van der Waals surface area (Å²) < 4.78 is 0. The normalized spacial score (nSPS) is 33.2. The Morgan fingerprint density at radius 3 is 1.31 bits per heavy atom. The number of aliphatic hydroxyl groups is 4. The molecule has 1 saturated carbocycles. The summed E-state index contributed by atoms with van der Waals surface area (Å²) in [6.45, 7) is -0.562. The van der Waals surface area contributed by atoms with Gasteiger partial charge in [-0.1, -0.05) is 23.7 Å². The summed E-state index contributed by atoms with van der Waals surface area (Å²) in [4.78, 5) is 0. The van der Waals surface area contributed by atoms with Gasteiger partial charge in [-0.05, 0) is 25.7 Å². The molecule has 4 N–H and O–H groups in total. The molecule has 4 heteroatoms. The van der Waals surface area contributed by atoms with E-state index in [9.17, 15) is 10.2 Å². The number of aliphatic hydroxyl groups excluding tert-OH is 2. The third kappa shape index (κ3) is 3.52. The lowest BCUT2D eigenvalue weighted by molar-refractivity contribution is -0.0221. The summed E-state index contributed by atoms with van der Waals surface area (Å²) in [6.07, 6.45) is 1.26. The monoisotopic (exact) mass is 224 g/mol. The van der Waals surface area contributed by atoms with E-state index in [1.165, 1.54) is 0 Å². The molecule has 88 valence electrons. The predicted octanol–water partition coefficient (Wildman–Crippen LogP) is -0.986. The molecule has 0 atom stereocenters. The van der Waals surface area contributed by atoms with Crippen LogP contribution in [0.25, 0.3) is 0 Å². The van der Waals surface area contributed by atoms with Crippen LogP contribution in [0, 0.1) is 23.7 Å². The van der Waals surface area contributed by atoms with E-state index < -0.39 is 11.2 Å². The fourth-order valence-electron chi connectivity index (χ4n) is 1.74. The molecular weight excluding hydrogens is 208 g/mol. The van der Waals surface area contributed by atoms with Crippen molar-refractivity contribution in [1.29, 1.82) is 0 Å². The third-order valence-corrected chi connectivity index (χ3v) is 2.70. The molecule has 1 rings (SSSR count). The average molecular weight is 224 g/mol. The van der Waals surface area contributed by atoms with Crippen molar-refractivity contribution in [1.82, 2.24) is 0 Å². The molecule has 1 aliphatic rings. The smallest absolute Gasteiger partial charge is 0.125 e. The molecule has 0 saturated heterocycles. The SMILES string of the molecule is OCC#CC1(O)CCC(O)(C#CCO)CC1. The van der Waals surface area contributed by atoms with Crippen LogP contribution in [0.1, 0.15) is 25.7 Å². The van der Waals surface area contributed by atoms with Gasteiger partial charge in [-0.15, -0.1) is 0 Å². The van der Waals surface area contributed by atoms with Crippen molar-refractivity contribution < 1.29 is 20.4 Å². The van der Waals surface area contributed by atoms with Gasteiger partial charge in [0.05, 0.1) is 0 Å². The topological polar surface area (TPSA) is 80.9 Å². The zero-order valence-electron chi connectivity index (χ0n) is 9.03. The van der Waals surface area contributed by atoms with Gasteiger partial charge in [-0.2, -0.15) is 0 Å². The maximum atomic E-state index is 9.97. The molecule has 4 nitrogen and oxygen atoms in total. The number of rotatable bonds is 0. The quantitative estimate of drug-likeness (QED) is 0.398. The highest BCUT2D eigenvalue weighted by Crippen LogP contribution is 2.34. The largest absolute Gasteiger partial charge is 0.384 e. The van der Waals surface area contributed by atoms with Gasteiger partial charge >= 0.3 is 0 Å². The molecule has 0 aromatic rings. The van der Waals surface area contributed by atoms with Crippen LogP contribution < -0.4 is 0 Å². The first-order valence-electron chi connectivity index (χ1n) is 5.20. The van der Waals surface area contributed by atoms with Crippen molar-refractivity contribution in [3.8, 4) is 23.7 Å². The van der Waals surface area contributed by atoms with Crippen LogP contribution in [0.2, 0.25) is 0 Å². The van der Waals surface area contributed by atoms with Gasteiger partial charge in [-0.25, -0.2) is 0 Å². The van der Waals surface area contributed by atoms with Crippen molar-refractivity contribution >= 4 is 0 Å². The van der Waals surface area contributed by atoms with E-state index in [1.54, 1.807) is 0 Å². The minimum absolute atomic E-state index is 0.281. The highest BCUT2D eigenvalue weighted by atomic mass is 16.3. The first-order valence-corrected chi connectivity index (χ1v) is 5.20. The zero-order valence-corrected chi connectivity index (χ0v) is 9.03. The lowest BCUT2D eigenvalue weighted by Gasteiger charge is -2.35. The van der Waals surface area contributed by atoms with E-state index in [1.807, 2.05) is 0 Å². The second-order valence-corrected chi connectivity index (χ2v) is 3.98. The third-order valence-electron chi connectivity index (χ3n) is 2.70. The Bertz CT molecular complexity index is 309. The van der Waals surface area contributed by atoms with Crippen LogP contribution in [0.5, 0.6) is 0 Å². The lowest BCUT2D eigenvalue weighted by Crippen LogP contribution is -2.41. The lowest BCUT2D eigenvalue weighted by atomic mass is 9.76. The van der Waals surface area contributed by atoms with Gasteiger partial charge < -0.3 is 20.4 Å². The van der Waals surface area contributed by atoms with Crippen LogP contribution in [0.3, 0.4) is 0 Å². The fourth-order valence-corrected chi connectivity index (χ4v) is 1.74. The van der Waals surface area contributed by atoms with Gasteiger partial charge in [0.2, 0.25) is 0 Å². The summed E-state index contributed by atoms with van der Waals surface area (Å²) in [6, 6.07) is 0. The maximum absolute atomic E-state index is 9.97. The van der Waals surface area contributed by atoms with E-state index in [2.05, 4.69) is 23.7 Å². The number of hydrogen-bond donors (Lipinski definition) is 4. The summed E-state index contributed by atoms with van der Waals surface area (Å²) in [5, 5.41) is 37.0. The Morgan fingerprint density at radius 2 is 1.06 bits per heavy atom. The second kappa shape index (κ2) is 5.34. The van der Waals surface area contributed by atoms with Crippen LogP contribution >= 0.6 is 0 Å². The van der Waals surface area contributed by atoms with Crippen LogP contribution in [-0.4, -0.2) is 44.8 Å². The molecule has 1 fully saturated rings. The van der Waals surface area contributed by atoms with Gasteiger partial charge in [-0.3, -0.25) is 0 Å². The molecule has 0 spiro atoms. The fraction of sp³-hybridized carbons (Fsp3) is 0.667. The molecule has 0 radical (unpaired) electrons. The first-order chi connectivity index (χ1) is 7.54. The van der Waals surface area contributed by atoms with E-state index in [0.29, 0.717) is 25.7 Å². The van der Waals surface area contributed by atoms with Crippen molar-refractivity contribution in [2.75, 3.05) is 13.2 Å². The summed E-state index contributed by atoms with van der Waals surface area (Å²) >= 11 is 0. The standard InChI is InChI=1S/C12H16O4/c13-9-1-3-11(15)5-7-12(16,8-6-11)4-2-10-14/h13-16H,5-10H2. The summed E-state index contributed by atoms with van der Waals surface area (Å²) in [5.41, 5.74) is -2.26. The molecule has 0 heterocycles. The number of hydrogen-bond acceptors (Lipinski definition) is 4. The van der Waals surface area contributed by atoms with Crippen molar-refractivity contribution in [2.45, 2.75) is 36.9 Å². The first kappa shape index (κ1) is 13.0. The van der Waals surface area contributed by atoms with E-state index in [4.69, 9.17) is 10.2 Å². The van der Waals surface area contributed by atoms with Crippen LogP contribution in [0.15, 0.2) is 0 Å². The zero-order chi connectivity index (χ0) is 12.1. The highest BCUT2D eigenvalue weighted by molar-refractivity contribution is 5.21. The van der Waals surface area contributed by atoms with Crippen molar-refractivity contribution in [2.24, 2.45) is 0 Å². The Kier molecular flexibility index (Phi) is 4.35. The summed E-state index contributed by atoms with van der Waals surface area (Å²) in [7, 11) is 0. The maximum Gasteiger partial charge on any atom is 0.125 e. The van der Waals surface area contributed by atoms with E-state index >= 15 is 0 Å². The van der Waals surface area contributed by atoms with Crippen LogP contribution in [-0.2, 0) is 0 Å². The minimum Gasteiger partial charge on any atom is -0.384 e. The Labute approximate surface area is 94.9 Å². The molecule has 0 unspecified atom stereocenters. The molecule has 0 aromatic carbocycles. The second-order valence-electron chi connectivity index (χ2n) is 3.98. The molecule has 16 heavy (non-hydrogen) atoms. The Morgan fingerprint density at radius 1 is 0.750 bits per heavy atom. The molecule has 0 bridgehead atoms. The average Bonchev–Trinajstić information content (AvgIpc) is 2.29. The van der Waals surface area contributed by atoms with Crippen LogP contribution in [0.4, 0.5) is 0 Å². The molecule has 0 aliphatic heterocycles. The molecule has 0 amide bonds. The predicted molar refractivity (Wildman–Crippen MR) is 58.1 cm³/mol. The van der Waals surface area contributed by atoms with Crippen molar-refractivity contribution in [3.63, 3.8) is 0 Å². The highest BCUT2D eigenvalue weighted by Gasteiger charge is 2.38. The van der Waals surface area contributed by atoms with Gasteiger partial charge in [0, 0.05) is 0 Å². The van der Waals surface area contributed by atoms with E-state index in [0.717, 1.165) is 0 Å². The van der Waals surface area contributed by atoms with Gasteiger partial charge in [0.25, 0.3) is 0 Å².